The lowest BCUT2D eigenvalue weighted by molar-refractivity contribution is -0.929. The van der Waals surface area contributed by atoms with Crippen LogP contribution in [0.4, 0.5) is 0 Å². The SMILES string of the molecule is C=C(C)C(=O)NCCCNC(=O)C(C)CS(=O)(=O)[O-].C=C(C)C(=O)NCCCNCl.CC(CS(=O)(=O)[O-])C(=O)O.CCCC[N+](CCCC)(CCCC)CCCC.CCCC[N+](CCCC)(CCCC)CCCC. The summed E-state index contributed by atoms with van der Waals surface area (Å²) in [5.41, 5.74) is 0.933. The minimum Gasteiger partial charge on any atom is -0.748 e. The zero-order valence-electron chi connectivity index (χ0n) is 48.8. The number of amides is 3. The molecule has 0 aliphatic heterocycles. The number of halogens is 1. The zero-order chi connectivity index (χ0) is 58.1. The molecule has 0 aromatic rings. The van der Waals surface area contributed by atoms with E-state index in [4.69, 9.17) is 16.9 Å². The van der Waals surface area contributed by atoms with Crippen molar-refractivity contribution < 1.29 is 59.2 Å². The van der Waals surface area contributed by atoms with Gasteiger partial charge in [-0.15, -0.1) is 0 Å². The van der Waals surface area contributed by atoms with Crippen LogP contribution in [0.25, 0.3) is 0 Å². The Hall–Kier alpha value is -2.65. The van der Waals surface area contributed by atoms with Gasteiger partial charge in [-0.3, -0.25) is 19.2 Å². The Labute approximate surface area is 458 Å². The Balaban J connectivity index is -0.000000273. The van der Waals surface area contributed by atoms with Gasteiger partial charge in [0.05, 0.1) is 84.3 Å². The van der Waals surface area contributed by atoms with Gasteiger partial charge in [-0.2, -0.15) is 0 Å². The number of nitrogens with zero attached hydrogens (tertiary/aromatic N) is 2. The number of carbonyl (C=O) groups excluding carboxylic acids is 3. The maximum absolute atomic E-state index is 11.4. The Morgan fingerprint density at radius 2 is 0.716 bits per heavy atom. The lowest BCUT2D eigenvalue weighted by Crippen LogP contribution is -2.50. The monoisotopic (exact) mass is 1120 g/mol. The second-order valence-electron chi connectivity index (χ2n) is 19.8. The molecule has 0 saturated heterocycles. The number of carbonyl (C=O) groups is 4. The molecule has 0 aliphatic carbocycles. The van der Waals surface area contributed by atoms with Crippen molar-refractivity contribution in [2.45, 2.75) is 199 Å². The fourth-order valence-electron chi connectivity index (χ4n) is 7.38. The van der Waals surface area contributed by atoms with Gasteiger partial charge in [0.2, 0.25) is 17.7 Å². The van der Waals surface area contributed by atoms with E-state index in [0.29, 0.717) is 43.7 Å². The van der Waals surface area contributed by atoms with Crippen LogP contribution in [0.1, 0.15) is 199 Å². The summed E-state index contributed by atoms with van der Waals surface area (Å²) in [6.45, 7) is 44.8. The summed E-state index contributed by atoms with van der Waals surface area (Å²) in [6, 6.07) is 0. The fourth-order valence-corrected chi connectivity index (χ4v) is 9.04. The molecular formula is C54H111ClN6O11S2. The molecule has 0 saturated carbocycles. The first-order valence-corrected chi connectivity index (χ1v) is 31.4. The molecule has 0 rings (SSSR count). The summed E-state index contributed by atoms with van der Waals surface area (Å²) in [5, 5.41) is 15.9. The Morgan fingerprint density at radius 3 is 0.919 bits per heavy atom. The van der Waals surface area contributed by atoms with E-state index in [-0.39, 0.29) is 11.8 Å². The number of carboxylic acids is 1. The molecule has 442 valence electrons. The number of carboxylic acid groups (broad SMARTS) is 1. The van der Waals surface area contributed by atoms with Gasteiger partial charge in [0, 0.05) is 49.0 Å². The maximum Gasteiger partial charge on any atom is 0.307 e. The smallest absolute Gasteiger partial charge is 0.307 e. The number of unbranched alkanes of at least 4 members (excludes halogenated alkanes) is 8. The van der Waals surface area contributed by atoms with Crippen molar-refractivity contribution >= 4 is 55.7 Å². The molecule has 5 N–H and O–H groups in total. The van der Waals surface area contributed by atoms with Gasteiger partial charge >= 0.3 is 5.97 Å². The van der Waals surface area contributed by atoms with Gasteiger partial charge in [-0.25, -0.2) is 21.7 Å². The molecule has 0 aromatic heterocycles. The molecule has 0 fully saturated rings. The van der Waals surface area contributed by atoms with Crippen molar-refractivity contribution in [2.24, 2.45) is 11.8 Å². The van der Waals surface area contributed by atoms with E-state index in [1.165, 1.54) is 171 Å². The number of hydrogen-bond donors (Lipinski definition) is 5. The van der Waals surface area contributed by atoms with Gasteiger partial charge in [-0.1, -0.05) is 134 Å². The van der Waals surface area contributed by atoms with Crippen LogP contribution < -0.4 is 20.8 Å². The first-order valence-electron chi connectivity index (χ1n) is 27.9. The van der Waals surface area contributed by atoms with Crippen molar-refractivity contribution in [3.63, 3.8) is 0 Å². The third-order valence-corrected chi connectivity index (χ3v) is 14.1. The quantitative estimate of drug-likeness (QED) is 0.0127. The second kappa shape index (κ2) is 51.1. The van der Waals surface area contributed by atoms with Crippen molar-refractivity contribution in [3.05, 3.63) is 24.3 Å². The highest BCUT2D eigenvalue weighted by molar-refractivity contribution is 7.85. The fraction of sp³-hybridized carbons (Fsp3) is 0.852. The third kappa shape index (κ3) is 54.2. The number of nitrogens with one attached hydrogen (secondary N) is 4. The van der Waals surface area contributed by atoms with Crippen LogP contribution in [0.15, 0.2) is 24.3 Å². The van der Waals surface area contributed by atoms with Gasteiger partial charge in [0.1, 0.15) is 0 Å². The summed E-state index contributed by atoms with van der Waals surface area (Å²) in [5.74, 6) is -5.69. The standard InChI is InChI=1S/2C16H36N.C11H20N2O5S.C7H13ClN2O.C4H8O5S/c2*1-5-9-13-17(14-10-6-2,15-11-7-3)16-12-8-4;1-8(2)10(14)12-5-4-6-13-11(15)9(3)7-19(16,17)18;1-6(2)7(11)9-4-3-5-10-8;1-3(4(5)6)2-10(7,8)9/h2*5-16H2,1-4H3;9H,1,4-7H2,2-3H3,(H,12,14)(H,13,15)(H,16,17,18);10H,1,3-5H2,2H3,(H,9,11);3H,2H2,1H3,(H,5,6)(H,7,8,9)/q2*+1;;;/p-2. The second-order valence-corrected chi connectivity index (χ2v) is 23.0. The van der Waals surface area contributed by atoms with Gasteiger partial charge in [0.25, 0.3) is 0 Å². The molecule has 0 radical (unpaired) electrons. The molecule has 2 unspecified atom stereocenters. The van der Waals surface area contributed by atoms with E-state index in [2.05, 4.69) is 89.3 Å². The zero-order valence-corrected chi connectivity index (χ0v) is 51.2. The summed E-state index contributed by atoms with van der Waals surface area (Å²) < 4.78 is 64.0. The largest absolute Gasteiger partial charge is 0.748 e. The molecule has 0 bridgehead atoms. The molecule has 74 heavy (non-hydrogen) atoms. The molecule has 0 spiro atoms. The average Bonchev–Trinajstić information content (AvgIpc) is 3.33. The Morgan fingerprint density at radius 1 is 0.473 bits per heavy atom. The summed E-state index contributed by atoms with van der Waals surface area (Å²) in [4.78, 5) is 45.8. The van der Waals surface area contributed by atoms with Crippen LogP contribution in [-0.4, -0.2) is 154 Å². The van der Waals surface area contributed by atoms with Crippen LogP contribution in [0.3, 0.4) is 0 Å². The third-order valence-electron chi connectivity index (χ3n) is 12.1. The molecule has 2 atom stereocenters. The highest BCUT2D eigenvalue weighted by Gasteiger charge is 2.26. The summed E-state index contributed by atoms with van der Waals surface area (Å²) >= 11 is 5.20. The normalized spacial score (nSPS) is 12.1. The number of hydrogen-bond acceptors (Lipinski definition) is 11. The van der Waals surface area contributed by atoms with E-state index in [9.17, 15) is 45.1 Å². The van der Waals surface area contributed by atoms with E-state index in [1.54, 1.807) is 13.8 Å². The highest BCUT2D eigenvalue weighted by Crippen LogP contribution is 2.18. The molecule has 0 aliphatic rings. The molecule has 3 amide bonds. The van der Waals surface area contributed by atoms with Crippen LogP contribution >= 0.6 is 11.8 Å². The van der Waals surface area contributed by atoms with Crippen LogP contribution in [0.5, 0.6) is 0 Å². The van der Waals surface area contributed by atoms with Gasteiger partial charge < -0.3 is 39.1 Å². The van der Waals surface area contributed by atoms with E-state index >= 15 is 0 Å². The molecule has 17 nitrogen and oxygen atoms in total. The highest BCUT2D eigenvalue weighted by atomic mass is 35.5. The maximum atomic E-state index is 11.4. The molecule has 20 heteroatoms. The first-order chi connectivity index (χ1) is 34.6. The van der Waals surface area contributed by atoms with Crippen LogP contribution in [-0.2, 0) is 39.4 Å². The van der Waals surface area contributed by atoms with Gasteiger partial charge in [-0.05, 0) is 89.8 Å². The lowest BCUT2D eigenvalue weighted by atomic mass is 10.1. The van der Waals surface area contributed by atoms with Crippen molar-refractivity contribution in [3.8, 4) is 0 Å². The van der Waals surface area contributed by atoms with Crippen LogP contribution in [0.2, 0.25) is 0 Å². The Kier molecular flexibility index (Phi) is 55.4. The molecular weight excluding hydrogens is 1010 g/mol. The van der Waals surface area contributed by atoms with E-state index in [0.717, 1.165) is 13.3 Å². The molecule has 0 aromatic carbocycles. The molecule has 0 heterocycles. The van der Waals surface area contributed by atoms with E-state index in [1.807, 2.05) is 0 Å². The number of aliphatic carboxylic acids is 1. The van der Waals surface area contributed by atoms with Crippen molar-refractivity contribution in [1.29, 1.82) is 0 Å². The topological polar surface area (TPSA) is 251 Å². The predicted molar refractivity (Wildman–Crippen MR) is 306 cm³/mol. The summed E-state index contributed by atoms with van der Waals surface area (Å²) in [6.07, 6.45) is 23.4. The number of rotatable bonds is 40. The van der Waals surface area contributed by atoms with Crippen LogP contribution in [0, 0.1) is 11.8 Å². The number of quaternary nitrogens is 2. The summed E-state index contributed by atoms with van der Waals surface area (Å²) in [7, 11) is -8.80. The van der Waals surface area contributed by atoms with Crippen molar-refractivity contribution in [2.75, 3.05) is 90.0 Å². The average molecular weight is 1120 g/mol. The van der Waals surface area contributed by atoms with Crippen molar-refractivity contribution in [1.82, 2.24) is 20.8 Å². The lowest BCUT2D eigenvalue weighted by Gasteiger charge is -2.39. The minimum atomic E-state index is -4.40. The first kappa shape index (κ1) is 80.2. The Bertz CT molecular complexity index is 1560. The van der Waals surface area contributed by atoms with E-state index < -0.39 is 55.5 Å². The minimum absolute atomic E-state index is 0.0976. The predicted octanol–water partition coefficient (Wildman–Crippen LogP) is 9.44. The van der Waals surface area contributed by atoms with Gasteiger partial charge in [0.15, 0.2) is 0 Å².